The number of alkyl halides is 1. The molecule has 4 aliphatic carbocycles. The first-order valence-electron chi connectivity index (χ1n) is 22.1. The molecule has 14 nitrogen and oxygen atoms in total. The summed E-state index contributed by atoms with van der Waals surface area (Å²) < 4.78 is 42.1. The highest BCUT2D eigenvalue weighted by atomic mass is 79.9. The van der Waals surface area contributed by atoms with Crippen LogP contribution in [0.25, 0.3) is 0 Å². The van der Waals surface area contributed by atoms with E-state index in [1.165, 1.54) is 34.6 Å². The number of carbonyl (C=O) groups excluding carboxylic acids is 6. The van der Waals surface area contributed by atoms with Gasteiger partial charge in [-0.3, -0.25) is 28.8 Å². The van der Waals surface area contributed by atoms with Crippen LogP contribution in [0.1, 0.15) is 148 Å². The van der Waals surface area contributed by atoms with Crippen molar-refractivity contribution in [3.63, 3.8) is 0 Å². The van der Waals surface area contributed by atoms with Gasteiger partial charge in [0.1, 0.15) is 24.6 Å². The first-order chi connectivity index (χ1) is 28.0. The van der Waals surface area contributed by atoms with Gasteiger partial charge in [-0.15, -0.1) is 0 Å². The van der Waals surface area contributed by atoms with Crippen LogP contribution in [0.15, 0.2) is 0 Å². The number of hydrogen-bond acceptors (Lipinski definition) is 14. The number of Topliss-reactive ketones (excluding diaryl/α,β-unsaturated/α-hetero) is 1. The minimum atomic E-state index is -1.45. The Hall–Kier alpha value is -2.62. The maximum Gasteiger partial charge on any atom is 0.303 e. The Morgan fingerprint density at radius 3 is 1.87 bits per heavy atom. The predicted molar refractivity (Wildman–Crippen MR) is 225 cm³/mol. The molecule has 0 amide bonds. The Bertz CT molecular complexity index is 1710. The van der Waals surface area contributed by atoms with Crippen LogP contribution in [0.4, 0.5) is 0 Å². The highest BCUT2D eigenvalue weighted by molar-refractivity contribution is 9.09. The fourth-order valence-corrected chi connectivity index (χ4v) is 13.4. The number of hydrogen-bond donors (Lipinski definition) is 1. The van der Waals surface area contributed by atoms with Crippen molar-refractivity contribution in [1.29, 1.82) is 0 Å². The maximum absolute atomic E-state index is 15.2. The molecule has 0 aromatic carbocycles. The van der Waals surface area contributed by atoms with Crippen molar-refractivity contribution in [2.75, 3.05) is 6.61 Å². The lowest BCUT2D eigenvalue weighted by molar-refractivity contribution is -0.337. The summed E-state index contributed by atoms with van der Waals surface area (Å²) in [5, 5.41) is 11.0. The molecule has 0 aromatic rings. The van der Waals surface area contributed by atoms with E-state index in [0.29, 0.717) is 25.7 Å². The molecule has 5 rings (SSSR count). The molecule has 1 saturated heterocycles. The van der Waals surface area contributed by atoms with Crippen LogP contribution in [0, 0.1) is 45.3 Å². The first kappa shape index (κ1) is 49.4. The Balaban J connectivity index is 1.57. The van der Waals surface area contributed by atoms with Gasteiger partial charge in [0.15, 0.2) is 24.6 Å². The van der Waals surface area contributed by atoms with Crippen molar-refractivity contribution in [2.24, 2.45) is 45.3 Å². The summed E-state index contributed by atoms with van der Waals surface area (Å²) in [6.45, 7) is 22.6. The third kappa shape index (κ3) is 9.46. The molecule has 5 aliphatic rings. The van der Waals surface area contributed by atoms with E-state index in [1.54, 1.807) is 13.8 Å². The largest absolute Gasteiger partial charge is 0.463 e. The van der Waals surface area contributed by atoms with Gasteiger partial charge in [0.05, 0.1) is 11.2 Å². The number of halogens is 1. The monoisotopic (exact) mass is 926 g/mol. The van der Waals surface area contributed by atoms with Gasteiger partial charge in [0, 0.05) is 57.2 Å². The summed E-state index contributed by atoms with van der Waals surface area (Å²) in [4.78, 5) is 76.9. The van der Waals surface area contributed by atoms with Crippen LogP contribution in [-0.4, -0.2) is 100 Å². The van der Waals surface area contributed by atoms with Gasteiger partial charge in [-0.25, -0.2) is 0 Å². The Morgan fingerprint density at radius 1 is 0.754 bits per heavy atom. The number of fused-ring (bicyclic) bond motifs is 5. The van der Waals surface area contributed by atoms with Gasteiger partial charge in [0.2, 0.25) is 0 Å². The van der Waals surface area contributed by atoms with E-state index in [0.717, 1.165) is 32.1 Å². The predicted octanol–water partition coefficient (Wildman–Crippen LogP) is 6.96. The SMILES string of the molecule is CC(=O)OCC1O[C@@H](O[C@@](C)(CCC(Br)C(C)(C)O)C2CC[C@]3(C)C2C(=O)CC2[C@@]4(C)CC[C@H](OC(C)=O)C(C)(C)C4CC[C@]23C)C(OC(C)=O)C(OC(C)=O)[C@@H]1OC(C)=O. The zero-order valence-electron chi connectivity index (χ0n) is 38.6. The molecule has 15 heteroatoms. The van der Waals surface area contributed by atoms with Gasteiger partial charge in [-0.2, -0.15) is 0 Å². The van der Waals surface area contributed by atoms with Crippen LogP contribution in [0.2, 0.25) is 0 Å². The molecule has 346 valence electrons. The number of rotatable bonds is 13. The third-order valence-electron chi connectivity index (χ3n) is 16.2. The van der Waals surface area contributed by atoms with E-state index in [9.17, 15) is 29.1 Å². The summed E-state index contributed by atoms with van der Waals surface area (Å²) in [6.07, 6.45) is -1.11. The Labute approximate surface area is 370 Å². The van der Waals surface area contributed by atoms with Gasteiger partial charge < -0.3 is 38.3 Å². The smallest absolute Gasteiger partial charge is 0.303 e. The highest BCUT2D eigenvalue weighted by Crippen LogP contribution is 2.75. The van der Waals surface area contributed by atoms with Crippen molar-refractivity contribution < 1.29 is 67.0 Å². The molecule has 61 heavy (non-hydrogen) atoms. The average Bonchev–Trinajstić information content (AvgIpc) is 3.50. The van der Waals surface area contributed by atoms with Gasteiger partial charge in [-0.05, 0) is 106 Å². The van der Waals surface area contributed by atoms with Gasteiger partial charge >= 0.3 is 29.8 Å². The molecule has 15 atom stereocenters. The zero-order chi connectivity index (χ0) is 45.8. The minimum Gasteiger partial charge on any atom is -0.463 e. The van der Waals surface area contributed by atoms with Crippen molar-refractivity contribution >= 4 is 51.6 Å². The van der Waals surface area contributed by atoms with Crippen molar-refractivity contribution in [3.8, 4) is 0 Å². The van der Waals surface area contributed by atoms with E-state index in [1.807, 2.05) is 6.92 Å². The summed E-state index contributed by atoms with van der Waals surface area (Å²) in [5.41, 5.74) is -3.39. The lowest BCUT2D eigenvalue weighted by Crippen LogP contribution is -2.67. The van der Waals surface area contributed by atoms with E-state index in [4.69, 9.17) is 33.2 Å². The van der Waals surface area contributed by atoms with Crippen LogP contribution in [0.5, 0.6) is 0 Å². The topological polar surface area (TPSA) is 187 Å². The van der Waals surface area contributed by atoms with E-state index in [-0.39, 0.29) is 56.7 Å². The second-order valence-corrected chi connectivity index (χ2v) is 22.0. The van der Waals surface area contributed by atoms with E-state index in [2.05, 4.69) is 50.5 Å². The first-order valence-corrected chi connectivity index (χ1v) is 23.0. The normalized spacial score (nSPS) is 39.6. The lowest BCUT2D eigenvalue weighted by Gasteiger charge is -2.69. The summed E-state index contributed by atoms with van der Waals surface area (Å²) >= 11 is 3.70. The minimum absolute atomic E-state index is 0.0952. The maximum atomic E-state index is 15.2. The number of aliphatic hydroxyl groups is 1. The zero-order valence-corrected chi connectivity index (χ0v) is 40.1. The molecule has 0 spiro atoms. The number of esters is 5. The van der Waals surface area contributed by atoms with Crippen LogP contribution in [-0.2, 0) is 61.9 Å². The third-order valence-corrected chi connectivity index (χ3v) is 17.8. The molecule has 1 heterocycles. The average molecular weight is 928 g/mol. The molecule has 4 saturated carbocycles. The van der Waals surface area contributed by atoms with Crippen molar-refractivity contribution in [1.82, 2.24) is 0 Å². The van der Waals surface area contributed by atoms with Crippen molar-refractivity contribution in [2.45, 2.75) is 201 Å². The Morgan fingerprint density at radius 2 is 1.31 bits per heavy atom. The molecule has 5 fully saturated rings. The number of ether oxygens (including phenoxy) is 7. The molecule has 8 unspecified atom stereocenters. The fourth-order valence-electron chi connectivity index (χ4n) is 13.2. The van der Waals surface area contributed by atoms with Crippen LogP contribution >= 0.6 is 15.9 Å². The fraction of sp³-hybridized carbons (Fsp3) is 0.870. The quantitative estimate of drug-likeness (QED) is 0.114. The lowest BCUT2D eigenvalue weighted by atomic mass is 9.35. The summed E-state index contributed by atoms with van der Waals surface area (Å²) in [5.74, 6) is -3.42. The van der Waals surface area contributed by atoms with Crippen LogP contribution in [0.3, 0.4) is 0 Å². The molecule has 0 radical (unpaired) electrons. The molecule has 0 aromatic heterocycles. The summed E-state index contributed by atoms with van der Waals surface area (Å²) in [7, 11) is 0. The molecular weight excluding hydrogens is 856 g/mol. The second kappa shape index (κ2) is 17.7. The molecule has 1 N–H and O–H groups in total. The van der Waals surface area contributed by atoms with E-state index >= 15 is 4.79 Å². The van der Waals surface area contributed by atoms with Gasteiger partial charge in [0.25, 0.3) is 0 Å². The second-order valence-electron chi connectivity index (χ2n) is 20.9. The Kier molecular flexibility index (Phi) is 14.4. The summed E-state index contributed by atoms with van der Waals surface area (Å²) in [6, 6.07) is 0. The number of ketones is 1. The highest BCUT2D eigenvalue weighted by Gasteiger charge is 2.72. The number of carbonyl (C=O) groups is 6. The standard InChI is InChI=1S/C46H71BrO14/c1-24(48)55-23-31-37(57-26(3)50)38(58-27(4)51)39(59-28(5)52)40(60-31)61-46(13,21-16-34(47)42(8,9)54)29-14-19-45(12)36(29)30(53)22-33-43(10)18-17-35(56-25(2)49)41(6,7)32(43)15-20-44(33,45)11/h29,31-40,54H,14-23H2,1-13H3/t29?,31?,32?,33?,34?,35-,36?,37+,38?,39?,40-,43-,44+,45+,46-/m0/s1. The molecule has 0 bridgehead atoms. The van der Waals surface area contributed by atoms with Crippen LogP contribution < -0.4 is 0 Å². The van der Waals surface area contributed by atoms with Crippen molar-refractivity contribution in [3.05, 3.63) is 0 Å². The van der Waals surface area contributed by atoms with Gasteiger partial charge in [-0.1, -0.05) is 50.5 Å². The molecule has 1 aliphatic heterocycles. The van der Waals surface area contributed by atoms with E-state index < -0.39 is 83.7 Å². The molecular formula is C46H71BrO14.